The summed E-state index contributed by atoms with van der Waals surface area (Å²) >= 11 is 5.64. The highest BCUT2D eigenvalue weighted by Gasteiger charge is 2.21. The summed E-state index contributed by atoms with van der Waals surface area (Å²) in [5.41, 5.74) is 0.521. The van der Waals surface area contributed by atoms with E-state index in [4.69, 9.17) is 16.7 Å². The Morgan fingerprint density at radius 1 is 1.53 bits per heavy atom. The second kappa shape index (κ2) is 4.18. The smallest absolute Gasteiger partial charge is 0.375 e. The molecule has 1 N–H and O–H groups in total. The van der Waals surface area contributed by atoms with Gasteiger partial charge in [0.2, 0.25) is 5.76 Å². The van der Waals surface area contributed by atoms with Crippen molar-refractivity contribution in [2.24, 2.45) is 0 Å². The number of nitrogens with zero attached hydrogens (tertiary/aromatic N) is 1. The molecule has 0 spiro atoms. The van der Waals surface area contributed by atoms with Gasteiger partial charge in [0, 0.05) is 11.1 Å². The van der Waals surface area contributed by atoms with E-state index in [9.17, 15) is 9.18 Å². The van der Waals surface area contributed by atoms with Gasteiger partial charge < -0.3 is 9.63 Å². The molecule has 0 aliphatic rings. The number of aromatic carboxylic acids is 1. The summed E-state index contributed by atoms with van der Waals surface area (Å²) < 4.78 is 18.4. The van der Waals surface area contributed by atoms with E-state index in [-0.39, 0.29) is 27.6 Å². The molecule has 0 saturated heterocycles. The van der Waals surface area contributed by atoms with Crippen molar-refractivity contribution in [1.29, 1.82) is 0 Å². The Bertz CT molecular complexity index is 594. The van der Waals surface area contributed by atoms with E-state index >= 15 is 0 Å². The molecule has 88 valence electrons. The van der Waals surface area contributed by atoms with Crippen molar-refractivity contribution in [3.05, 3.63) is 40.4 Å². The minimum atomic E-state index is -1.25. The summed E-state index contributed by atoms with van der Waals surface area (Å²) in [6.45, 7) is 1.50. The molecular weight excluding hydrogens is 249 g/mol. The number of aromatic nitrogens is 1. The van der Waals surface area contributed by atoms with Crippen LogP contribution in [-0.2, 0) is 0 Å². The SMILES string of the molecule is Cc1c(-c2cccc(Cl)c2F)noc1C(=O)O. The average Bonchev–Trinajstić information content (AvgIpc) is 2.64. The van der Waals surface area contributed by atoms with Gasteiger partial charge in [-0.3, -0.25) is 0 Å². The van der Waals surface area contributed by atoms with Crippen LogP contribution in [0.15, 0.2) is 22.7 Å². The molecule has 1 aromatic heterocycles. The largest absolute Gasteiger partial charge is 0.475 e. The molecule has 0 atom stereocenters. The van der Waals surface area contributed by atoms with Gasteiger partial charge in [0.25, 0.3) is 0 Å². The highest BCUT2D eigenvalue weighted by atomic mass is 35.5. The van der Waals surface area contributed by atoms with Crippen LogP contribution in [0.5, 0.6) is 0 Å². The number of halogens is 2. The van der Waals surface area contributed by atoms with Crippen LogP contribution < -0.4 is 0 Å². The lowest BCUT2D eigenvalue weighted by atomic mass is 10.1. The summed E-state index contributed by atoms with van der Waals surface area (Å²) in [5.74, 6) is -2.20. The Labute approximate surface area is 101 Å². The van der Waals surface area contributed by atoms with Crippen molar-refractivity contribution in [1.82, 2.24) is 5.16 Å². The first-order chi connectivity index (χ1) is 8.02. The van der Waals surface area contributed by atoms with Crippen molar-refractivity contribution >= 4 is 17.6 Å². The molecule has 0 aliphatic heterocycles. The predicted octanol–water partition coefficient (Wildman–Crippen LogP) is 3.14. The normalized spacial score (nSPS) is 10.5. The van der Waals surface area contributed by atoms with Crippen LogP contribution in [-0.4, -0.2) is 16.2 Å². The predicted molar refractivity (Wildman–Crippen MR) is 58.6 cm³/mol. The molecule has 1 aromatic carbocycles. The number of benzene rings is 1. The van der Waals surface area contributed by atoms with E-state index in [0.29, 0.717) is 0 Å². The fraction of sp³-hybridized carbons (Fsp3) is 0.0909. The van der Waals surface area contributed by atoms with Gasteiger partial charge in [-0.25, -0.2) is 9.18 Å². The van der Waals surface area contributed by atoms with Gasteiger partial charge in [-0.2, -0.15) is 0 Å². The third-order valence-corrected chi connectivity index (χ3v) is 2.62. The van der Waals surface area contributed by atoms with E-state index in [0.717, 1.165) is 0 Å². The monoisotopic (exact) mass is 255 g/mol. The lowest BCUT2D eigenvalue weighted by Gasteiger charge is -2.01. The van der Waals surface area contributed by atoms with E-state index in [2.05, 4.69) is 9.68 Å². The Hall–Kier alpha value is -1.88. The van der Waals surface area contributed by atoms with E-state index in [1.807, 2.05) is 0 Å². The van der Waals surface area contributed by atoms with Crippen molar-refractivity contribution in [3.63, 3.8) is 0 Å². The van der Waals surface area contributed by atoms with Crippen molar-refractivity contribution in [2.45, 2.75) is 6.92 Å². The number of hydrogen-bond donors (Lipinski definition) is 1. The molecule has 0 unspecified atom stereocenters. The van der Waals surface area contributed by atoms with Crippen LogP contribution in [0.4, 0.5) is 4.39 Å². The minimum Gasteiger partial charge on any atom is -0.475 e. The lowest BCUT2D eigenvalue weighted by molar-refractivity contribution is 0.0651. The molecule has 2 aromatic rings. The van der Waals surface area contributed by atoms with E-state index < -0.39 is 11.8 Å². The second-order valence-electron chi connectivity index (χ2n) is 3.39. The fourth-order valence-electron chi connectivity index (χ4n) is 1.47. The summed E-state index contributed by atoms with van der Waals surface area (Å²) in [5, 5.41) is 12.3. The van der Waals surface area contributed by atoms with E-state index in [1.165, 1.54) is 19.1 Å². The van der Waals surface area contributed by atoms with Crippen molar-refractivity contribution in [2.75, 3.05) is 0 Å². The number of rotatable bonds is 2. The molecule has 0 amide bonds. The average molecular weight is 256 g/mol. The molecule has 2 rings (SSSR count). The first-order valence-electron chi connectivity index (χ1n) is 4.66. The highest BCUT2D eigenvalue weighted by molar-refractivity contribution is 6.31. The van der Waals surface area contributed by atoms with Gasteiger partial charge in [0.15, 0.2) is 5.82 Å². The first kappa shape index (κ1) is 11.6. The Balaban J connectivity index is 2.62. The van der Waals surface area contributed by atoms with Crippen LogP contribution in [0.2, 0.25) is 5.02 Å². The summed E-state index contributed by atoms with van der Waals surface area (Å²) in [6, 6.07) is 4.40. The summed E-state index contributed by atoms with van der Waals surface area (Å²) in [7, 11) is 0. The van der Waals surface area contributed by atoms with Crippen LogP contribution in [0, 0.1) is 12.7 Å². The van der Waals surface area contributed by atoms with Crippen molar-refractivity contribution in [3.8, 4) is 11.3 Å². The molecule has 17 heavy (non-hydrogen) atoms. The first-order valence-corrected chi connectivity index (χ1v) is 5.04. The zero-order valence-electron chi connectivity index (χ0n) is 8.70. The molecule has 0 aliphatic carbocycles. The Kier molecular flexibility index (Phi) is 2.85. The van der Waals surface area contributed by atoms with E-state index in [1.54, 1.807) is 6.07 Å². The topological polar surface area (TPSA) is 63.3 Å². The third kappa shape index (κ3) is 1.89. The molecule has 6 heteroatoms. The molecule has 0 saturated carbocycles. The Morgan fingerprint density at radius 2 is 2.24 bits per heavy atom. The summed E-state index contributed by atoms with van der Waals surface area (Å²) in [6.07, 6.45) is 0. The van der Waals surface area contributed by atoms with Gasteiger partial charge in [-0.1, -0.05) is 22.8 Å². The Morgan fingerprint density at radius 3 is 2.82 bits per heavy atom. The third-order valence-electron chi connectivity index (χ3n) is 2.32. The number of carboxylic acids is 1. The molecular formula is C11H7ClFNO3. The lowest BCUT2D eigenvalue weighted by Crippen LogP contribution is -1.96. The molecule has 1 heterocycles. The zero-order chi connectivity index (χ0) is 12.6. The van der Waals surface area contributed by atoms with Crippen LogP contribution in [0.25, 0.3) is 11.3 Å². The zero-order valence-corrected chi connectivity index (χ0v) is 9.45. The minimum absolute atomic E-state index is 0.0539. The number of hydrogen-bond acceptors (Lipinski definition) is 3. The van der Waals surface area contributed by atoms with Gasteiger partial charge >= 0.3 is 5.97 Å². The van der Waals surface area contributed by atoms with Gasteiger partial charge in [-0.15, -0.1) is 0 Å². The number of carbonyl (C=O) groups is 1. The molecule has 0 fully saturated rings. The fourth-order valence-corrected chi connectivity index (χ4v) is 1.65. The molecule has 0 bridgehead atoms. The molecule has 4 nitrogen and oxygen atoms in total. The summed E-state index contributed by atoms with van der Waals surface area (Å²) in [4.78, 5) is 10.8. The van der Waals surface area contributed by atoms with Crippen LogP contribution in [0.1, 0.15) is 16.1 Å². The van der Waals surface area contributed by atoms with Gasteiger partial charge in [-0.05, 0) is 19.1 Å². The molecule has 0 radical (unpaired) electrons. The van der Waals surface area contributed by atoms with Gasteiger partial charge in [0.1, 0.15) is 5.69 Å². The maximum atomic E-state index is 13.7. The van der Waals surface area contributed by atoms with Crippen molar-refractivity contribution < 1.29 is 18.8 Å². The standard InChI is InChI=1S/C11H7ClFNO3/c1-5-9(14-17-10(5)11(15)16)6-3-2-4-7(12)8(6)13/h2-4H,1H3,(H,15,16). The maximum absolute atomic E-state index is 13.7. The van der Waals surface area contributed by atoms with Crippen LogP contribution in [0.3, 0.4) is 0 Å². The maximum Gasteiger partial charge on any atom is 0.375 e. The second-order valence-corrected chi connectivity index (χ2v) is 3.80. The quantitative estimate of drug-likeness (QED) is 0.895. The van der Waals surface area contributed by atoms with Crippen LogP contribution >= 0.6 is 11.6 Å². The van der Waals surface area contributed by atoms with Gasteiger partial charge in [0.05, 0.1) is 5.02 Å². The highest BCUT2D eigenvalue weighted by Crippen LogP contribution is 2.30. The number of carboxylic acid groups (broad SMARTS) is 1.